The lowest BCUT2D eigenvalue weighted by Crippen LogP contribution is -1.96. The zero-order valence-corrected chi connectivity index (χ0v) is 9.41. The maximum absolute atomic E-state index is 13.1. The summed E-state index contributed by atoms with van der Waals surface area (Å²) in [7, 11) is 0. The molecule has 0 unspecified atom stereocenters. The van der Waals surface area contributed by atoms with E-state index in [2.05, 4.69) is 4.98 Å². The minimum absolute atomic E-state index is 0.0206. The third kappa shape index (κ3) is 2.81. The zero-order valence-electron chi connectivity index (χ0n) is 9.41. The Morgan fingerprint density at radius 2 is 2.16 bits per heavy atom. The summed E-state index contributed by atoms with van der Waals surface area (Å²) < 4.78 is 18.2. The van der Waals surface area contributed by atoms with Crippen LogP contribution in [0.3, 0.4) is 0 Å². The number of nitriles is 1. The number of nitro groups is 1. The highest BCUT2D eigenvalue weighted by Crippen LogP contribution is 2.31. The molecule has 0 amide bonds. The fourth-order valence-corrected chi connectivity index (χ4v) is 1.37. The molecular weight excluding hydrogens is 253 g/mol. The van der Waals surface area contributed by atoms with Crippen molar-refractivity contribution < 1.29 is 14.1 Å². The number of nitro benzene ring substituents is 1. The number of ether oxygens (including phenoxy) is 1. The van der Waals surface area contributed by atoms with Gasteiger partial charge in [-0.15, -0.1) is 0 Å². The highest BCUT2D eigenvalue weighted by Gasteiger charge is 2.17. The summed E-state index contributed by atoms with van der Waals surface area (Å²) in [6, 6.07) is 9.02. The number of benzene rings is 1. The molecular formula is C12H6FN3O3. The topological polar surface area (TPSA) is 89.0 Å². The second kappa shape index (κ2) is 5.10. The normalized spacial score (nSPS) is 9.68. The maximum Gasteiger partial charge on any atom is 0.311 e. The Balaban J connectivity index is 2.40. The van der Waals surface area contributed by atoms with Gasteiger partial charge in [-0.2, -0.15) is 5.26 Å². The molecule has 94 valence electrons. The second-order valence-electron chi connectivity index (χ2n) is 3.44. The third-order valence-electron chi connectivity index (χ3n) is 2.17. The van der Waals surface area contributed by atoms with Gasteiger partial charge in [-0.25, -0.2) is 9.37 Å². The molecule has 0 aliphatic heterocycles. The minimum atomic E-state index is -0.692. The van der Waals surface area contributed by atoms with Gasteiger partial charge < -0.3 is 4.74 Å². The summed E-state index contributed by atoms with van der Waals surface area (Å²) in [6.45, 7) is 0. The minimum Gasteiger partial charge on any atom is -0.432 e. The van der Waals surface area contributed by atoms with Gasteiger partial charge in [0, 0.05) is 18.2 Å². The number of aromatic nitrogens is 1. The van der Waals surface area contributed by atoms with Crippen LogP contribution < -0.4 is 4.74 Å². The zero-order chi connectivity index (χ0) is 13.8. The number of halogens is 1. The highest BCUT2D eigenvalue weighted by atomic mass is 19.1. The average Bonchev–Trinajstić information content (AvgIpc) is 2.38. The third-order valence-corrected chi connectivity index (χ3v) is 2.17. The number of nitrogens with zero attached hydrogens (tertiary/aromatic N) is 3. The smallest absolute Gasteiger partial charge is 0.311 e. The van der Waals surface area contributed by atoms with Crippen LogP contribution in [0.15, 0.2) is 36.4 Å². The van der Waals surface area contributed by atoms with E-state index in [4.69, 9.17) is 10.00 Å². The Hall–Kier alpha value is -3.01. The molecule has 0 aliphatic rings. The summed E-state index contributed by atoms with van der Waals surface area (Å²) >= 11 is 0. The van der Waals surface area contributed by atoms with Crippen LogP contribution in [0, 0.1) is 27.3 Å². The summed E-state index contributed by atoms with van der Waals surface area (Å²) in [5, 5.41) is 19.5. The standard InChI is InChI=1S/C12H6FN3O3/c13-8-4-5-10(16(17)18)11(6-8)19-12-3-1-2-9(7-14)15-12/h1-6H. The molecule has 0 bridgehead atoms. The van der Waals surface area contributed by atoms with E-state index in [1.807, 2.05) is 0 Å². The van der Waals surface area contributed by atoms with Crippen molar-refractivity contribution in [1.29, 1.82) is 5.26 Å². The molecule has 0 radical (unpaired) electrons. The molecule has 0 N–H and O–H groups in total. The first-order valence-electron chi connectivity index (χ1n) is 5.09. The summed E-state index contributed by atoms with van der Waals surface area (Å²) in [6.07, 6.45) is 0. The van der Waals surface area contributed by atoms with E-state index >= 15 is 0 Å². The first-order valence-corrected chi connectivity index (χ1v) is 5.09. The van der Waals surface area contributed by atoms with Gasteiger partial charge in [0.05, 0.1) is 4.92 Å². The van der Waals surface area contributed by atoms with Crippen LogP contribution in [0.25, 0.3) is 0 Å². The fourth-order valence-electron chi connectivity index (χ4n) is 1.37. The van der Waals surface area contributed by atoms with Crippen LogP contribution in [-0.4, -0.2) is 9.91 Å². The second-order valence-corrected chi connectivity index (χ2v) is 3.44. The molecule has 1 aromatic carbocycles. The Kier molecular flexibility index (Phi) is 3.34. The van der Waals surface area contributed by atoms with E-state index in [1.165, 1.54) is 18.2 Å². The van der Waals surface area contributed by atoms with Gasteiger partial charge in [0.15, 0.2) is 0 Å². The van der Waals surface area contributed by atoms with Gasteiger partial charge in [0.25, 0.3) is 0 Å². The fraction of sp³-hybridized carbons (Fsp3) is 0. The van der Waals surface area contributed by atoms with Crippen molar-refractivity contribution in [3.05, 3.63) is 58.0 Å². The molecule has 0 aliphatic carbocycles. The molecule has 2 aromatic rings. The lowest BCUT2D eigenvalue weighted by atomic mass is 10.3. The van der Waals surface area contributed by atoms with Crippen molar-refractivity contribution in [3.8, 4) is 17.7 Å². The highest BCUT2D eigenvalue weighted by molar-refractivity contribution is 5.48. The van der Waals surface area contributed by atoms with Gasteiger partial charge >= 0.3 is 5.69 Å². The van der Waals surface area contributed by atoms with E-state index in [0.717, 1.165) is 18.2 Å². The summed E-state index contributed by atoms with van der Waals surface area (Å²) in [5.74, 6) is -0.961. The van der Waals surface area contributed by atoms with Crippen molar-refractivity contribution in [3.63, 3.8) is 0 Å². The quantitative estimate of drug-likeness (QED) is 0.624. The van der Waals surface area contributed by atoms with E-state index in [9.17, 15) is 14.5 Å². The van der Waals surface area contributed by atoms with E-state index in [0.29, 0.717) is 0 Å². The molecule has 0 saturated heterocycles. The van der Waals surface area contributed by atoms with Gasteiger partial charge in [-0.1, -0.05) is 6.07 Å². The van der Waals surface area contributed by atoms with Crippen molar-refractivity contribution in [1.82, 2.24) is 4.98 Å². The van der Waals surface area contributed by atoms with E-state index in [-0.39, 0.29) is 23.0 Å². The van der Waals surface area contributed by atoms with Crippen molar-refractivity contribution in [2.75, 3.05) is 0 Å². The van der Waals surface area contributed by atoms with E-state index in [1.54, 1.807) is 6.07 Å². The predicted octanol–water partition coefficient (Wildman–Crippen LogP) is 2.79. The molecule has 0 saturated carbocycles. The molecule has 0 atom stereocenters. The van der Waals surface area contributed by atoms with Crippen molar-refractivity contribution in [2.45, 2.75) is 0 Å². The lowest BCUT2D eigenvalue weighted by molar-refractivity contribution is -0.385. The number of hydrogen-bond donors (Lipinski definition) is 0. The Morgan fingerprint density at radius 1 is 1.37 bits per heavy atom. The van der Waals surface area contributed by atoms with Crippen molar-refractivity contribution >= 4 is 5.69 Å². The number of pyridine rings is 1. The van der Waals surface area contributed by atoms with Crippen LogP contribution in [0.5, 0.6) is 11.6 Å². The van der Waals surface area contributed by atoms with Gasteiger partial charge in [-0.3, -0.25) is 10.1 Å². The summed E-state index contributed by atoms with van der Waals surface area (Å²) in [4.78, 5) is 13.9. The number of rotatable bonds is 3. The average molecular weight is 259 g/mol. The molecule has 1 heterocycles. The Morgan fingerprint density at radius 3 is 2.84 bits per heavy atom. The van der Waals surface area contributed by atoms with Gasteiger partial charge in [-0.05, 0) is 12.1 Å². The largest absolute Gasteiger partial charge is 0.432 e. The monoisotopic (exact) mass is 259 g/mol. The molecule has 0 fully saturated rings. The van der Waals surface area contributed by atoms with E-state index < -0.39 is 10.7 Å². The maximum atomic E-state index is 13.1. The van der Waals surface area contributed by atoms with Crippen LogP contribution in [0.4, 0.5) is 10.1 Å². The lowest BCUT2D eigenvalue weighted by Gasteiger charge is -2.05. The van der Waals surface area contributed by atoms with Gasteiger partial charge in [0.2, 0.25) is 11.6 Å². The SMILES string of the molecule is N#Cc1cccc(Oc2cc(F)ccc2[N+](=O)[O-])n1. The van der Waals surface area contributed by atoms with Crippen LogP contribution >= 0.6 is 0 Å². The number of hydrogen-bond acceptors (Lipinski definition) is 5. The molecule has 7 heteroatoms. The molecule has 6 nitrogen and oxygen atoms in total. The Bertz CT molecular complexity index is 682. The molecule has 1 aromatic heterocycles. The first-order chi connectivity index (χ1) is 9.10. The van der Waals surface area contributed by atoms with Crippen molar-refractivity contribution in [2.24, 2.45) is 0 Å². The summed E-state index contributed by atoms with van der Waals surface area (Å²) in [5.41, 5.74) is -0.290. The molecule has 2 rings (SSSR count). The molecule has 0 spiro atoms. The van der Waals surface area contributed by atoms with Gasteiger partial charge in [0.1, 0.15) is 17.6 Å². The van der Waals surface area contributed by atoms with Crippen LogP contribution in [0.2, 0.25) is 0 Å². The molecule has 19 heavy (non-hydrogen) atoms. The van der Waals surface area contributed by atoms with Crippen LogP contribution in [-0.2, 0) is 0 Å². The first kappa shape index (κ1) is 12.4. The predicted molar refractivity (Wildman–Crippen MR) is 62.1 cm³/mol. The van der Waals surface area contributed by atoms with Crippen LogP contribution in [0.1, 0.15) is 5.69 Å². The Labute approximate surface area is 106 Å².